The molecule has 2 aliphatic rings. The number of amides is 3. The van der Waals surface area contributed by atoms with Gasteiger partial charge in [-0.25, -0.2) is 4.79 Å². The summed E-state index contributed by atoms with van der Waals surface area (Å²) >= 11 is 1.55. The highest BCUT2D eigenvalue weighted by Gasteiger charge is 2.59. The Morgan fingerprint density at radius 3 is 2.54 bits per heavy atom. The minimum atomic E-state index is -0.972. The summed E-state index contributed by atoms with van der Waals surface area (Å²) in [4.78, 5) is 29.0. The van der Waals surface area contributed by atoms with Crippen LogP contribution in [-0.4, -0.2) is 35.2 Å². The fourth-order valence-corrected chi connectivity index (χ4v) is 5.20. The lowest BCUT2D eigenvalue weighted by molar-refractivity contribution is -0.123. The fraction of sp³-hybridized carbons (Fsp3) is 0.300. The van der Waals surface area contributed by atoms with Crippen molar-refractivity contribution in [2.45, 2.75) is 24.8 Å². The highest BCUT2D eigenvalue weighted by molar-refractivity contribution is 8.01. The normalized spacial score (nSPS) is 21.6. The molecule has 2 aliphatic heterocycles. The number of carbonyl (C=O) groups is 2. The number of nitrogens with one attached hydrogen (secondary N) is 1. The zero-order valence-corrected chi connectivity index (χ0v) is 15.6. The van der Waals surface area contributed by atoms with Crippen molar-refractivity contribution in [2.24, 2.45) is 0 Å². The molecule has 2 aromatic rings. The van der Waals surface area contributed by atoms with Gasteiger partial charge in [-0.2, -0.15) is 0 Å². The Bertz CT molecular complexity index is 855. The first-order valence-corrected chi connectivity index (χ1v) is 9.75. The van der Waals surface area contributed by atoms with Gasteiger partial charge in [-0.3, -0.25) is 9.69 Å². The Labute approximate surface area is 157 Å². The first-order chi connectivity index (χ1) is 12.6. The molecule has 0 radical (unpaired) electrons. The van der Waals surface area contributed by atoms with Crippen LogP contribution >= 0.6 is 11.8 Å². The van der Waals surface area contributed by atoms with Gasteiger partial charge in [0.05, 0.1) is 5.69 Å². The van der Waals surface area contributed by atoms with Crippen molar-refractivity contribution < 1.29 is 9.59 Å². The summed E-state index contributed by atoms with van der Waals surface area (Å²) in [5.74, 6) is 0.702. The number of fused-ring (bicyclic) bond motifs is 2. The molecule has 0 saturated carbocycles. The van der Waals surface area contributed by atoms with Crippen LogP contribution in [0.5, 0.6) is 0 Å². The average molecular weight is 367 g/mol. The van der Waals surface area contributed by atoms with Crippen molar-refractivity contribution in [1.82, 2.24) is 4.90 Å². The van der Waals surface area contributed by atoms with Crippen LogP contribution in [-0.2, 0) is 9.67 Å². The number of para-hydroxylation sites is 2. The second-order valence-electron chi connectivity index (χ2n) is 6.73. The van der Waals surface area contributed by atoms with Gasteiger partial charge in [0, 0.05) is 29.6 Å². The number of anilines is 2. The fourth-order valence-electron chi connectivity index (χ4n) is 3.75. The van der Waals surface area contributed by atoms with Crippen LogP contribution in [0.1, 0.15) is 19.4 Å². The van der Waals surface area contributed by atoms with Crippen molar-refractivity contribution in [3.05, 3.63) is 60.2 Å². The number of benzene rings is 2. The minimum Gasteiger partial charge on any atom is -0.308 e. The van der Waals surface area contributed by atoms with Crippen molar-refractivity contribution in [3.63, 3.8) is 0 Å². The minimum absolute atomic E-state index is 0.0283. The molecule has 2 heterocycles. The van der Waals surface area contributed by atoms with Gasteiger partial charge in [-0.1, -0.05) is 36.4 Å². The molecule has 0 aliphatic carbocycles. The third-order valence-corrected chi connectivity index (χ3v) is 6.25. The van der Waals surface area contributed by atoms with Gasteiger partial charge in [0.1, 0.15) is 0 Å². The second kappa shape index (κ2) is 6.36. The molecule has 6 heteroatoms. The lowest BCUT2D eigenvalue weighted by Crippen LogP contribution is -2.52. The van der Waals surface area contributed by atoms with Crippen LogP contribution < -0.4 is 10.2 Å². The van der Waals surface area contributed by atoms with Gasteiger partial charge in [-0.05, 0) is 32.0 Å². The third kappa shape index (κ3) is 2.40. The van der Waals surface area contributed by atoms with E-state index in [-0.39, 0.29) is 18.0 Å². The van der Waals surface area contributed by atoms with Crippen LogP contribution in [0, 0.1) is 0 Å². The lowest BCUT2D eigenvalue weighted by atomic mass is 10.1. The van der Waals surface area contributed by atoms with Crippen LogP contribution in [0.2, 0.25) is 0 Å². The van der Waals surface area contributed by atoms with Gasteiger partial charge in [0.15, 0.2) is 4.87 Å². The summed E-state index contributed by atoms with van der Waals surface area (Å²) in [5.41, 5.74) is 2.54. The van der Waals surface area contributed by atoms with Crippen LogP contribution in [0.25, 0.3) is 0 Å². The maximum absolute atomic E-state index is 13.5. The number of nitrogens with zero attached hydrogens (tertiary/aromatic N) is 2. The molecule has 134 valence electrons. The van der Waals surface area contributed by atoms with E-state index in [2.05, 4.69) is 5.32 Å². The SMILES string of the molecule is CC(C)N1C(=O)[C@@]2(SCCN2C(=O)Nc2ccccc2)c2ccccc21. The van der Waals surface area contributed by atoms with Crippen molar-refractivity contribution in [2.75, 3.05) is 22.5 Å². The van der Waals surface area contributed by atoms with E-state index in [4.69, 9.17) is 0 Å². The zero-order valence-electron chi connectivity index (χ0n) is 14.8. The lowest BCUT2D eigenvalue weighted by Gasteiger charge is -2.33. The molecule has 1 spiro atoms. The van der Waals surface area contributed by atoms with E-state index in [0.29, 0.717) is 6.54 Å². The van der Waals surface area contributed by atoms with Crippen LogP contribution in [0.4, 0.5) is 16.2 Å². The average Bonchev–Trinajstić information content (AvgIpc) is 3.18. The number of rotatable bonds is 2. The Morgan fingerprint density at radius 2 is 1.81 bits per heavy atom. The number of urea groups is 1. The summed E-state index contributed by atoms with van der Waals surface area (Å²) in [7, 11) is 0. The summed E-state index contributed by atoms with van der Waals surface area (Å²) in [5, 5.41) is 2.93. The highest BCUT2D eigenvalue weighted by atomic mass is 32.2. The molecule has 1 atom stereocenters. The van der Waals surface area contributed by atoms with Crippen LogP contribution in [0.3, 0.4) is 0 Å². The third-order valence-electron chi connectivity index (χ3n) is 4.83. The second-order valence-corrected chi connectivity index (χ2v) is 8.01. The Kier molecular flexibility index (Phi) is 4.15. The first-order valence-electron chi connectivity index (χ1n) is 8.76. The molecule has 5 nitrogen and oxygen atoms in total. The standard InChI is InChI=1S/C20H21N3O2S/c1-14(2)23-17-11-7-6-10-16(17)20(18(23)24)22(12-13-26-20)19(25)21-15-8-4-3-5-9-15/h3-11,14H,12-13H2,1-2H3,(H,21,25)/t20-/m0/s1. The molecule has 1 saturated heterocycles. The maximum Gasteiger partial charge on any atom is 0.323 e. The summed E-state index contributed by atoms with van der Waals surface area (Å²) in [6.07, 6.45) is 0. The van der Waals surface area contributed by atoms with Gasteiger partial charge in [-0.15, -0.1) is 11.8 Å². The van der Waals surface area contributed by atoms with E-state index in [1.165, 1.54) is 0 Å². The molecule has 1 N–H and O–H groups in total. The largest absolute Gasteiger partial charge is 0.323 e. The maximum atomic E-state index is 13.5. The molecule has 0 aromatic heterocycles. The topological polar surface area (TPSA) is 52.7 Å². The first kappa shape index (κ1) is 17.0. The van der Waals surface area contributed by atoms with Crippen molar-refractivity contribution >= 4 is 35.1 Å². The number of thioether (sulfide) groups is 1. The smallest absolute Gasteiger partial charge is 0.308 e. The van der Waals surface area contributed by atoms with E-state index >= 15 is 0 Å². The van der Waals surface area contributed by atoms with Gasteiger partial charge in [0.2, 0.25) is 0 Å². The van der Waals surface area contributed by atoms with Crippen molar-refractivity contribution in [1.29, 1.82) is 0 Å². The molecule has 0 bridgehead atoms. The summed E-state index contributed by atoms with van der Waals surface area (Å²) < 4.78 is 0. The summed E-state index contributed by atoms with van der Waals surface area (Å²) in [6.45, 7) is 4.54. The molecule has 3 amide bonds. The van der Waals surface area contributed by atoms with E-state index in [9.17, 15) is 9.59 Å². The molecule has 1 fully saturated rings. The highest BCUT2D eigenvalue weighted by Crippen LogP contribution is 2.54. The van der Waals surface area contributed by atoms with Gasteiger partial charge in [0.25, 0.3) is 5.91 Å². The number of carbonyl (C=O) groups excluding carboxylic acids is 2. The van der Waals surface area contributed by atoms with Gasteiger partial charge < -0.3 is 10.2 Å². The molecule has 0 unspecified atom stereocenters. The zero-order chi connectivity index (χ0) is 18.3. The van der Waals surface area contributed by atoms with E-state index < -0.39 is 4.87 Å². The number of hydrogen-bond donors (Lipinski definition) is 1. The number of hydrogen-bond acceptors (Lipinski definition) is 3. The monoisotopic (exact) mass is 367 g/mol. The Morgan fingerprint density at radius 1 is 1.12 bits per heavy atom. The molecule has 4 rings (SSSR count). The molecular formula is C20H21N3O2S. The predicted octanol–water partition coefficient (Wildman–Crippen LogP) is 3.88. The Balaban J connectivity index is 1.75. The predicted molar refractivity (Wildman–Crippen MR) is 105 cm³/mol. The van der Waals surface area contributed by atoms with E-state index in [1.807, 2.05) is 73.3 Å². The van der Waals surface area contributed by atoms with E-state index in [0.717, 1.165) is 22.7 Å². The van der Waals surface area contributed by atoms with E-state index in [1.54, 1.807) is 16.7 Å². The molecular weight excluding hydrogens is 346 g/mol. The quantitative estimate of drug-likeness (QED) is 0.876. The Hall–Kier alpha value is -2.47. The van der Waals surface area contributed by atoms with Crippen LogP contribution in [0.15, 0.2) is 54.6 Å². The van der Waals surface area contributed by atoms with Crippen molar-refractivity contribution in [3.8, 4) is 0 Å². The molecule has 26 heavy (non-hydrogen) atoms. The molecule has 2 aromatic carbocycles. The summed E-state index contributed by atoms with van der Waals surface area (Å²) in [6, 6.07) is 16.9. The van der Waals surface area contributed by atoms with Gasteiger partial charge >= 0.3 is 6.03 Å².